The van der Waals surface area contributed by atoms with E-state index >= 15 is 0 Å². The van der Waals surface area contributed by atoms with Crippen molar-refractivity contribution >= 4 is 22.7 Å². The van der Waals surface area contributed by atoms with Crippen LogP contribution in [-0.2, 0) is 11.8 Å². The molecular weight excluding hydrogens is 232 g/mol. The minimum atomic E-state index is -0.769. The Kier molecular flexibility index (Phi) is 3.45. The van der Waals surface area contributed by atoms with E-state index in [4.69, 9.17) is 5.11 Å². The van der Waals surface area contributed by atoms with Crippen molar-refractivity contribution in [3.8, 4) is 0 Å². The molecule has 2 aromatic rings. The maximum absolute atomic E-state index is 10.4. The number of carboxylic acid groups (broad SMARTS) is 1. The van der Waals surface area contributed by atoms with Crippen LogP contribution < -0.4 is 5.32 Å². The van der Waals surface area contributed by atoms with E-state index in [1.54, 1.807) is 10.9 Å². The van der Waals surface area contributed by atoms with Crippen molar-refractivity contribution in [2.24, 2.45) is 7.05 Å². The van der Waals surface area contributed by atoms with Gasteiger partial charge in [0.2, 0.25) is 0 Å². The maximum atomic E-state index is 10.4. The second-order valence-electron chi connectivity index (χ2n) is 4.19. The molecule has 0 amide bonds. The van der Waals surface area contributed by atoms with Crippen molar-refractivity contribution < 1.29 is 9.90 Å². The molecule has 0 aliphatic rings. The first-order valence-corrected chi connectivity index (χ1v) is 5.83. The van der Waals surface area contributed by atoms with Gasteiger partial charge in [0.05, 0.1) is 11.1 Å². The molecular formula is C12H16N4O2. The lowest BCUT2D eigenvalue weighted by molar-refractivity contribution is -0.137. The van der Waals surface area contributed by atoms with Gasteiger partial charge in [0.1, 0.15) is 0 Å². The molecule has 6 heteroatoms. The molecule has 2 aromatic heterocycles. The summed E-state index contributed by atoms with van der Waals surface area (Å²) in [6.07, 6.45) is 2.49. The first-order chi connectivity index (χ1) is 8.59. The second kappa shape index (κ2) is 5.03. The highest BCUT2D eigenvalue weighted by atomic mass is 16.4. The van der Waals surface area contributed by atoms with Gasteiger partial charge in [0.15, 0.2) is 5.65 Å². The highest BCUT2D eigenvalue weighted by Crippen LogP contribution is 2.24. The quantitative estimate of drug-likeness (QED) is 0.785. The van der Waals surface area contributed by atoms with Crippen molar-refractivity contribution in [3.05, 3.63) is 18.0 Å². The van der Waals surface area contributed by atoms with Gasteiger partial charge in [-0.25, -0.2) is 4.98 Å². The Balaban J connectivity index is 2.15. The van der Waals surface area contributed by atoms with E-state index in [1.165, 1.54) is 0 Å². The molecule has 0 spiro atoms. The van der Waals surface area contributed by atoms with Gasteiger partial charge in [-0.2, -0.15) is 5.10 Å². The summed E-state index contributed by atoms with van der Waals surface area (Å²) in [4.78, 5) is 14.7. The van der Waals surface area contributed by atoms with Crippen molar-refractivity contribution in [2.45, 2.75) is 19.8 Å². The second-order valence-corrected chi connectivity index (χ2v) is 4.19. The molecule has 0 atom stereocenters. The summed E-state index contributed by atoms with van der Waals surface area (Å²) < 4.78 is 1.74. The molecule has 6 nitrogen and oxygen atoms in total. The average molecular weight is 248 g/mol. The lowest BCUT2D eigenvalue weighted by atomic mass is 10.2. The van der Waals surface area contributed by atoms with E-state index in [9.17, 15) is 4.79 Å². The summed E-state index contributed by atoms with van der Waals surface area (Å²) in [6, 6.07) is 1.89. The molecule has 0 radical (unpaired) electrons. The Morgan fingerprint density at radius 2 is 2.33 bits per heavy atom. The Labute approximate surface area is 105 Å². The smallest absolute Gasteiger partial charge is 0.303 e. The van der Waals surface area contributed by atoms with Crippen LogP contribution in [0.2, 0.25) is 0 Å². The van der Waals surface area contributed by atoms with Gasteiger partial charge >= 0.3 is 5.97 Å². The third-order valence-corrected chi connectivity index (χ3v) is 2.78. The summed E-state index contributed by atoms with van der Waals surface area (Å²) >= 11 is 0. The number of fused-ring (bicyclic) bond motifs is 1. The highest BCUT2D eigenvalue weighted by Gasteiger charge is 2.10. The number of hydrogen-bond acceptors (Lipinski definition) is 4. The van der Waals surface area contributed by atoms with Gasteiger partial charge in [0.25, 0.3) is 0 Å². The summed E-state index contributed by atoms with van der Waals surface area (Å²) in [7, 11) is 1.86. The number of pyridine rings is 1. The van der Waals surface area contributed by atoms with Crippen molar-refractivity contribution in [3.63, 3.8) is 0 Å². The molecule has 0 aromatic carbocycles. The summed E-state index contributed by atoms with van der Waals surface area (Å²) in [5, 5.41) is 17.1. The van der Waals surface area contributed by atoms with Gasteiger partial charge in [-0.05, 0) is 19.4 Å². The molecule has 0 aliphatic carbocycles. The third-order valence-electron chi connectivity index (χ3n) is 2.78. The van der Waals surface area contributed by atoms with Crippen LogP contribution in [0.3, 0.4) is 0 Å². The fourth-order valence-electron chi connectivity index (χ4n) is 1.99. The lowest BCUT2D eigenvalue weighted by Gasteiger charge is -2.06. The van der Waals surface area contributed by atoms with E-state index < -0.39 is 5.97 Å². The lowest BCUT2D eigenvalue weighted by Crippen LogP contribution is -2.05. The van der Waals surface area contributed by atoms with Crippen LogP contribution in [0.5, 0.6) is 0 Å². The molecule has 18 heavy (non-hydrogen) atoms. The minimum absolute atomic E-state index is 0.174. The molecule has 2 heterocycles. The van der Waals surface area contributed by atoms with Gasteiger partial charge in [-0.15, -0.1) is 0 Å². The topological polar surface area (TPSA) is 80.0 Å². The first-order valence-electron chi connectivity index (χ1n) is 5.83. The summed E-state index contributed by atoms with van der Waals surface area (Å²) in [5.74, 6) is -0.769. The zero-order valence-corrected chi connectivity index (χ0v) is 10.5. The van der Waals surface area contributed by atoms with Gasteiger partial charge in [-0.1, -0.05) is 0 Å². The van der Waals surface area contributed by atoms with E-state index in [2.05, 4.69) is 15.4 Å². The zero-order valence-electron chi connectivity index (χ0n) is 10.5. The predicted octanol–water partition coefficient (Wildman–Crippen LogP) is 1.55. The SMILES string of the molecule is Cc1nn(C)c2nccc(NCCCC(=O)O)c12. The van der Waals surface area contributed by atoms with E-state index in [-0.39, 0.29) is 6.42 Å². The molecule has 0 saturated carbocycles. The highest BCUT2D eigenvalue weighted by molar-refractivity contribution is 5.91. The van der Waals surface area contributed by atoms with Crippen molar-refractivity contribution in [1.29, 1.82) is 0 Å². The number of aromatic nitrogens is 3. The average Bonchev–Trinajstić information content (AvgIpc) is 2.61. The Morgan fingerprint density at radius 3 is 3.06 bits per heavy atom. The molecule has 2 N–H and O–H groups in total. The fraction of sp³-hybridized carbons (Fsp3) is 0.417. The number of rotatable bonds is 5. The number of aliphatic carboxylic acids is 1. The maximum Gasteiger partial charge on any atom is 0.303 e. The summed E-state index contributed by atoms with van der Waals surface area (Å²) in [5.41, 5.74) is 2.70. The number of aryl methyl sites for hydroxylation is 2. The monoisotopic (exact) mass is 248 g/mol. The van der Waals surface area contributed by atoms with E-state index in [0.29, 0.717) is 13.0 Å². The van der Waals surface area contributed by atoms with Crippen molar-refractivity contribution in [2.75, 3.05) is 11.9 Å². The Bertz CT molecular complexity index is 577. The third kappa shape index (κ3) is 2.42. The number of anilines is 1. The predicted molar refractivity (Wildman–Crippen MR) is 68.6 cm³/mol. The van der Waals surface area contributed by atoms with Crippen LogP contribution in [0, 0.1) is 6.92 Å². The largest absolute Gasteiger partial charge is 0.481 e. The molecule has 0 aliphatic heterocycles. The van der Waals surface area contributed by atoms with Gasteiger partial charge < -0.3 is 10.4 Å². The van der Waals surface area contributed by atoms with E-state index in [0.717, 1.165) is 22.4 Å². The van der Waals surface area contributed by atoms with Crippen molar-refractivity contribution in [1.82, 2.24) is 14.8 Å². The Morgan fingerprint density at radius 1 is 1.56 bits per heavy atom. The van der Waals surface area contributed by atoms with Gasteiger partial charge in [0, 0.05) is 31.9 Å². The molecule has 96 valence electrons. The number of carbonyl (C=O) groups is 1. The number of nitrogens with one attached hydrogen (secondary N) is 1. The minimum Gasteiger partial charge on any atom is -0.481 e. The van der Waals surface area contributed by atoms with Crippen LogP contribution in [-0.4, -0.2) is 32.4 Å². The summed E-state index contributed by atoms with van der Waals surface area (Å²) in [6.45, 7) is 2.56. The van der Waals surface area contributed by atoms with Crippen LogP contribution in [0.1, 0.15) is 18.5 Å². The normalized spacial score (nSPS) is 10.8. The Hall–Kier alpha value is -2.11. The van der Waals surface area contributed by atoms with Gasteiger partial charge in [-0.3, -0.25) is 9.48 Å². The molecule has 2 rings (SSSR count). The zero-order chi connectivity index (χ0) is 13.1. The molecule has 0 saturated heterocycles. The molecule has 0 fully saturated rings. The van der Waals surface area contributed by atoms with Crippen LogP contribution in [0.4, 0.5) is 5.69 Å². The number of nitrogens with zero attached hydrogens (tertiary/aromatic N) is 3. The van der Waals surface area contributed by atoms with Crippen LogP contribution >= 0.6 is 0 Å². The first kappa shape index (κ1) is 12.3. The van der Waals surface area contributed by atoms with E-state index in [1.807, 2.05) is 20.0 Å². The standard InChI is InChI=1S/C12H16N4O2/c1-8-11-9(13-6-3-4-10(17)18)5-7-14-12(11)16(2)15-8/h5,7H,3-4,6H2,1-2H3,(H,13,14)(H,17,18). The fourth-order valence-corrected chi connectivity index (χ4v) is 1.99. The molecule has 0 unspecified atom stereocenters. The van der Waals surface area contributed by atoms with Crippen LogP contribution in [0.15, 0.2) is 12.3 Å². The molecule has 0 bridgehead atoms. The van der Waals surface area contributed by atoms with Crippen LogP contribution in [0.25, 0.3) is 11.0 Å². The number of hydrogen-bond donors (Lipinski definition) is 2. The number of carboxylic acids is 1.